The van der Waals surface area contributed by atoms with Crippen molar-refractivity contribution in [3.63, 3.8) is 0 Å². The molecule has 0 bridgehead atoms. The molecule has 27 heavy (non-hydrogen) atoms. The summed E-state index contributed by atoms with van der Waals surface area (Å²) in [5.41, 5.74) is 3.66. The van der Waals surface area contributed by atoms with Crippen LogP contribution >= 0.6 is 11.8 Å². The molecule has 0 saturated heterocycles. The van der Waals surface area contributed by atoms with E-state index >= 15 is 0 Å². The zero-order valence-corrected chi connectivity index (χ0v) is 15.7. The Morgan fingerprint density at radius 2 is 2.04 bits per heavy atom. The van der Waals surface area contributed by atoms with Gasteiger partial charge in [-0.3, -0.25) is 0 Å². The number of nitrogens with zero attached hydrogens (tertiary/aromatic N) is 3. The van der Waals surface area contributed by atoms with Crippen molar-refractivity contribution in [1.29, 1.82) is 0 Å². The summed E-state index contributed by atoms with van der Waals surface area (Å²) >= 11 is 1.46. The molecule has 138 valence electrons. The van der Waals surface area contributed by atoms with Gasteiger partial charge in [0.15, 0.2) is 16.7 Å². The number of hydrogen-bond acceptors (Lipinski definition) is 8. The van der Waals surface area contributed by atoms with Gasteiger partial charge in [-0.05, 0) is 36.9 Å². The van der Waals surface area contributed by atoms with Gasteiger partial charge in [-0.25, -0.2) is 9.97 Å². The summed E-state index contributed by atoms with van der Waals surface area (Å²) in [5.74, 6) is 1.85. The highest BCUT2D eigenvalue weighted by Gasteiger charge is 2.18. The number of hydrogen-bond donors (Lipinski definition) is 3. The van der Waals surface area contributed by atoms with Gasteiger partial charge >= 0.3 is 0 Å². The van der Waals surface area contributed by atoms with E-state index in [1.54, 1.807) is 12.1 Å². The third-order valence-electron chi connectivity index (χ3n) is 4.11. The predicted octanol–water partition coefficient (Wildman–Crippen LogP) is 3.60. The first-order chi connectivity index (χ1) is 13.1. The number of hydrazone groups is 1. The molecule has 8 heteroatoms. The molecule has 2 aromatic carbocycles. The molecule has 1 unspecified atom stereocenters. The molecule has 1 aromatic heterocycles. The Morgan fingerprint density at radius 3 is 2.74 bits per heavy atom. The number of phenolic OH excluding ortho intramolecular Hbond substituents is 1. The second-order valence-corrected chi connectivity index (χ2v) is 7.27. The van der Waals surface area contributed by atoms with E-state index in [9.17, 15) is 5.11 Å². The first-order valence-corrected chi connectivity index (χ1v) is 9.35. The highest BCUT2D eigenvalue weighted by molar-refractivity contribution is 7.99. The number of methoxy groups -OCH3 is 1. The van der Waals surface area contributed by atoms with Gasteiger partial charge in [-0.15, -0.1) is 0 Å². The van der Waals surface area contributed by atoms with Crippen LogP contribution in [0.25, 0.3) is 10.9 Å². The number of aromatic hydroxyl groups is 1. The molecular formula is C19H19N5O2S. The van der Waals surface area contributed by atoms with Crippen LogP contribution in [0.15, 0.2) is 57.6 Å². The number of rotatable bonds is 4. The van der Waals surface area contributed by atoms with Crippen molar-refractivity contribution < 1.29 is 9.84 Å². The zero-order valence-electron chi connectivity index (χ0n) is 14.9. The fourth-order valence-electron chi connectivity index (χ4n) is 2.81. The second kappa shape index (κ2) is 7.32. The van der Waals surface area contributed by atoms with E-state index in [1.807, 2.05) is 30.3 Å². The number of aromatic nitrogens is 2. The number of fused-ring (bicyclic) bond motifs is 1. The van der Waals surface area contributed by atoms with Crippen LogP contribution in [0.5, 0.6) is 11.5 Å². The van der Waals surface area contributed by atoms with E-state index in [0.29, 0.717) is 22.2 Å². The van der Waals surface area contributed by atoms with Crippen molar-refractivity contribution in [3.05, 3.63) is 42.5 Å². The molecular weight excluding hydrogens is 362 g/mol. The molecule has 0 radical (unpaired) electrons. The molecule has 0 saturated carbocycles. The van der Waals surface area contributed by atoms with Crippen LogP contribution in [0.3, 0.4) is 0 Å². The lowest BCUT2D eigenvalue weighted by molar-refractivity contribution is 0.374. The maximum absolute atomic E-state index is 10.2. The maximum Gasteiger partial charge on any atom is 0.195 e. The molecule has 4 rings (SSSR count). The molecule has 3 N–H and O–H groups in total. The molecule has 3 aromatic rings. The van der Waals surface area contributed by atoms with E-state index in [0.717, 1.165) is 22.5 Å². The standard InChI is InChI=1S/C19H19N5O2S/c1-11-8-17(24-23-11)21-18-13-9-16(26-2)15(25)10-14(13)20-19(22-18)27-12-6-4-3-5-7-12/h3-7,9-11,23,25H,8H2,1-2H3,(H,20,21,22,24). The van der Waals surface area contributed by atoms with Crippen LogP contribution in [0.1, 0.15) is 13.3 Å². The van der Waals surface area contributed by atoms with Crippen LogP contribution in [0, 0.1) is 0 Å². The summed E-state index contributed by atoms with van der Waals surface area (Å²) in [5, 5.41) is 19.1. The minimum absolute atomic E-state index is 0.0406. The summed E-state index contributed by atoms with van der Waals surface area (Å²) in [4.78, 5) is 10.3. The normalized spacial score (nSPS) is 16.1. The van der Waals surface area contributed by atoms with Gasteiger partial charge in [0.05, 0.1) is 12.6 Å². The van der Waals surface area contributed by atoms with Gasteiger partial charge in [0.2, 0.25) is 0 Å². The van der Waals surface area contributed by atoms with Gasteiger partial charge in [-0.1, -0.05) is 18.2 Å². The van der Waals surface area contributed by atoms with E-state index in [-0.39, 0.29) is 11.8 Å². The fraction of sp³-hybridized carbons (Fsp3) is 0.211. The van der Waals surface area contributed by atoms with Gasteiger partial charge in [-0.2, -0.15) is 5.10 Å². The summed E-state index contributed by atoms with van der Waals surface area (Å²) in [6, 6.07) is 13.5. The Hall–Kier alpha value is -3.00. The molecule has 1 aliphatic rings. The lowest BCUT2D eigenvalue weighted by Crippen LogP contribution is -2.16. The summed E-state index contributed by atoms with van der Waals surface area (Å²) in [7, 11) is 1.52. The first kappa shape index (κ1) is 17.4. The number of ether oxygens (including phenoxy) is 1. The average Bonchev–Trinajstić information content (AvgIpc) is 3.07. The monoisotopic (exact) mass is 381 g/mol. The molecule has 0 amide bonds. The van der Waals surface area contributed by atoms with Gasteiger partial charge in [0.1, 0.15) is 11.7 Å². The summed E-state index contributed by atoms with van der Waals surface area (Å²) < 4.78 is 5.24. The lowest BCUT2D eigenvalue weighted by atomic mass is 10.2. The molecule has 1 aliphatic heterocycles. The Bertz CT molecular complexity index is 1010. The van der Waals surface area contributed by atoms with Gasteiger partial charge in [0, 0.05) is 28.8 Å². The summed E-state index contributed by atoms with van der Waals surface area (Å²) in [6.45, 7) is 2.06. The molecule has 2 heterocycles. The lowest BCUT2D eigenvalue weighted by Gasteiger charge is -2.12. The SMILES string of the molecule is COc1cc2c(NC3=NNC(C)C3)nc(Sc3ccccc3)nc2cc1O. The summed E-state index contributed by atoms with van der Waals surface area (Å²) in [6.07, 6.45) is 0.780. The van der Waals surface area contributed by atoms with Crippen LogP contribution < -0.4 is 15.5 Å². The van der Waals surface area contributed by atoms with Crippen LogP contribution in [-0.4, -0.2) is 34.1 Å². The molecule has 0 aliphatic carbocycles. The first-order valence-electron chi connectivity index (χ1n) is 8.53. The molecule has 0 fully saturated rings. The van der Waals surface area contributed by atoms with Gasteiger partial charge < -0.3 is 20.6 Å². The smallest absolute Gasteiger partial charge is 0.195 e. The van der Waals surface area contributed by atoms with Crippen molar-refractivity contribution in [1.82, 2.24) is 15.4 Å². The largest absolute Gasteiger partial charge is 0.504 e. The van der Waals surface area contributed by atoms with Crippen molar-refractivity contribution in [2.45, 2.75) is 29.4 Å². The van der Waals surface area contributed by atoms with Gasteiger partial charge in [0.25, 0.3) is 0 Å². The fourth-order valence-corrected chi connectivity index (χ4v) is 3.59. The zero-order chi connectivity index (χ0) is 18.8. The van der Waals surface area contributed by atoms with E-state index < -0.39 is 0 Å². The number of nitrogens with one attached hydrogen (secondary N) is 2. The van der Waals surface area contributed by atoms with Crippen molar-refractivity contribution in [2.75, 3.05) is 12.4 Å². The maximum atomic E-state index is 10.2. The number of anilines is 1. The van der Waals surface area contributed by atoms with E-state index in [4.69, 9.17) is 4.74 Å². The van der Waals surface area contributed by atoms with Crippen LogP contribution in [-0.2, 0) is 0 Å². The molecule has 7 nitrogen and oxygen atoms in total. The quantitative estimate of drug-likeness (QED) is 0.595. The third kappa shape index (κ3) is 3.75. The van der Waals surface area contributed by atoms with E-state index in [1.165, 1.54) is 18.9 Å². The topological polar surface area (TPSA) is 91.7 Å². The second-order valence-electron chi connectivity index (χ2n) is 6.23. The highest BCUT2D eigenvalue weighted by atomic mass is 32.2. The number of amidine groups is 1. The average molecular weight is 381 g/mol. The molecule has 1 atom stereocenters. The van der Waals surface area contributed by atoms with Crippen molar-refractivity contribution in [3.8, 4) is 11.5 Å². The van der Waals surface area contributed by atoms with Crippen molar-refractivity contribution >= 4 is 34.3 Å². The van der Waals surface area contributed by atoms with Crippen molar-refractivity contribution in [2.24, 2.45) is 5.10 Å². The van der Waals surface area contributed by atoms with E-state index in [2.05, 4.69) is 32.7 Å². The molecule has 0 spiro atoms. The number of phenols is 1. The minimum atomic E-state index is 0.0406. The van der Waals surface area contributed by atoms with Crippen LogP contribution in [0.2, 0.25) is 0 Å². The Kier molecular flexibility index (Phi) is 4.72. The Morgan fingerprint density at radius 1 is 1.22 bits per heavy atom. The Balaban J connectivity index is 1.78. The number of benzene rings is 2. The predicted molar refractivity (Wildman–Crippen MR) is 107 cm³/mol. The van der Waals surface area contributed by atoms with Crippen LogP contribution in [0.4, 0.5) is 5.82 Å². The minimum Gasteiger partial charge on any atom is -0.504 e. The third-order valence-corrected chi connectivity index (χ3v) is 4.98. The highest BCUT2D eigenvalue weighted by Crippen LogP contribution is 2.35. The Labute approximate surface area is 160 Å².